The zero-order valence-corrected chi connectivity index (χ0v) is 7.45. The van der Waals surface area contributed by atoms with Gasteiger partial charge in [0.15, 0.2) is 0 Å². The molecular formula is C6H12O3Si. The lowest BCUT2D eigenvalue weighted by molar-refractivity contribution is 0.143. The summed E-state index contributed by atoms with van der Waals surface area (Å²) in [5.74, 6) is 0. The molecule has 3 nitrogen and oxygen atoms in total. The first kappa shape index (κ1) is 9.50. The van der Waals surface area contributed by atoms with Crippen molar-refractivity contribution in [3.05, 3.63) is 0 Å². The first-order valence-electron chi connectivity index (χ1n) is 3.19. The molecule has 0 aromatic rings. The Morgan fingerprint density at radius 1 is 1.30 bits per heavy atom. The minimum Gasteiger partial charge on any atom is -0.453 e. The largest absolute Gasteiger partial charge is 0.558 e. The number of rotatable bonds is 5. The molecule has 0 rings (SSSR count). The summed E-state index contributed by atoms with van der Waals surface area (Å²) in [6.07, 6.45) is 6.94. The van der Waals surface area contributed by atoms with E-state index >= 15 is 0 Å². The number of hydrogen-bond donors (Lipinski definition) is 0. The van der Waals surface area contributed by atoms with Crippen molar-refractivity contribution in [1.82, 2.24) is 0 Å². The summed E-state index contributed by atoms with van der Waals surface area (Å²) in [4.78, 5) is 0. The smallest absolute Gasteiger partial charge is 0.453 e. The molecule has 0 bridgehead atoms. The molecule has 0 unspecified atom stereocenters. The zero-order valence-electron chi connectivity index (χ0n) is 6.29. The Kier molecular flexibility index (Phi) is 6.28. The summed E-state index contributed by atoms with van der Waals surface area (Å²) in [7, 11) is -1.97. The van der Waals surface area contributed by atoms with Gasteiger partial charge in [-0.3, -0.25) is 0 Å². The summed E-state index contributed by atoms with van der Waals surface area (Å²) < 4.78 is 14.9. The summed E-state index contributed by atoms with van der Waals surface area (Å²) in [5, 5.41) is 0. The van der Waals surface area contributed by atoms with Crippen LogP contribution in [0.4, 0.5) is 0 Å². The second-order valence-electron chi connectivity index (χ2n) is 1.44. The highest BCUT2D eigenvalue weighted by atomic mass is 28.3. The average Bonchev–Trinajstić information content (AvgIpc) is 1.90. The van der Waals surface area contributed by atoms with Gasteiger partial charge in [0, 0.05) is 13.2 Å². The summed E-state index contributed by atoms with van der Waals surface area (Å²) in [6.45, 7) is 4.91. The molecule has 0 aliphatic carbocycles. The van der Waals surface area contributed by atoms with Crippen LogP contribution in [0.5, 0.6) is 0 Å². The Balaban J connectivity index is 3.42. The summed E-state index contributed by atoms with van der Waals surface area (Å²) in [5.41, 5.74) is 0. The van der Waals surface area contributed by atoms with Gasteiger partial charge in [-0.1, -0.05) is 6.42 Å². The maximum Gasteiger partial charge on any atom is 0.558 e. The maximum atomic E-state index is 5.07. The molecule has 0 fully saturated rings. The molecule has 0 aliphatic rings. The van der Waals surface area contributed by atoms with Gasteiger partial charge in [-0.2, -0.15) is 0 Å². The van der Waals surface area contributed by atoms with Crippen molar-refractivity contribution >= 4 is 9.53 Å². The topological polar surface area (TPSA) is 27.7 Å². The highest BCUT2D eigenvalue weighted by Crippen LogP contribution is 1.89. The third-order valence-electron chi connectivity index (χ3n) is 0.770. The summed E-state index contributed by atoms with van der Waals surface area (Å²) in [6, 6.07) is 0. The van der Waals surface area contributed by atoms with Crippen LogP contribution in [0.1, 0.15) is 13.8 Å². The van der Waals surface area contributed by atoms with Crippen LogP contribution >= 0.6 is 0 Å². The van der Waals surface area contributed by atoms with E-state index in [0.717, 1.165) is 0 Å². The lowest BCUT2D eigenvalue weighted by Gasteiger charge is -2.09. The van der Waals surface area contributed by atoms with Crippen molar-refractivity contribution in [2.75, 3.05) is 13.2 Å². The van der Waals surface area contributed by atoms with Crippen LogP contribution in [-0.2, 0) is 13.3 Å². The van der Waals surface area contributed by atoms with Crippen molar-refractivity contribution in [2.45, 2.75) is 13.8 Å². The van der Waals surface area contributed by atoms with E-state index in [9.17, 15) is 0 Å². The van der Waals surface area contributed by atoms with E-state index < -0.39 is 9.53 Å². The molecule has 58 valence electrons. The molecule has 0 N–H and O–H groups in total. The van der Waals surface area contributed by atoms with Crippen LogP contribution in [0.25, 0.3) is 0 Å². The lowest BCUT2D eigenvalue weighted by Crippen LogP contribution is -2.25. The summed E-state index contributed by atoms with van der Waals surface area (Å²) >= 11 is 0. The van der Waals surface area contributed by atoms with Crippen molar-refractivity contribution in [3.63, 3.8) is 0 Å². The number of hydrogen-bond acceptors (Lipinski definition) is 3. The first-order chi connectivity index (χ1) is 4.85. The van der Waals surface area contributed by atoms with E-state index in [2.05, 4.69) is 0 Å². The van der Waals surface area contributed by atoms with Gasteiger partial charge in [0.1, 0.15) is 0 Å². The molecule has 0 atom stereocenters. The molecule has 0 saturated heterocycles. The predicted octanol–water partition coefficient (Wildman–Crippen LogP) is 0.384. The van der Waals surface area contributed by atoms with Gasteiger partial charge >= 0.3 is 9.53 Å². The molecule has 4 heteroatoms. The molecule has 0 radical (unpaired) electrons. The first-order valence-corrected chi connectivity index (χ1v) is 4.61. The number of terminal acetylenes is 1. The molecule has 0 amide bonds. The molecule has 10 heavy (non-hydrogen) atoms. The second kappa shape index (κ2) is 6.61. The van der Waals surface area contributed by atoms with Crippen LogP contribution in [0.15, 0.2) is 0 Å². The minimum absolute atomic E-state index is 0.582. The lowest BCUT2D eigenvalue weighted by atomic mass is 10.9. The minimum atomic E-state index is -1.97. The Hall–Kier alpha value is -0.503. The Morgan fingerprint density at radius 2 is 1.80 bits per heavy atom. The van der Waals surface area contributed by atoms with Gasteiger partial charge in [0.2, 0.25) is 0 Å². The standard InChI is InChI=1S/C6H12O3Si/c1-4-7-10(8-5-2)9-6-3/h1,10H,5-6H2,2-3H3. The van der Waals surface area contributed by atoms with Gasteiger partial charge in [0.25, 0.3) is 0 Å². The van der Waals surface area contributed by atoms with E-state index in [1.807, 2.05) is 20.0 Å². The van der Waals surface area contributed by atoms with E-state index in [4.69, 9.17) is 19.7 Å². The maximum absolute atomic E-state index is 5.07. The highest BCUT2D eigenvalue weighted by molar-refractivity contribution is 6.36. The van der Waals surface area contributed by atoms with Gasteiger partial charge < -0.3 is 13.3 Å². The zero-order chi connectivity index (χ0) is 7.82. The van der Waals surface area contributed by atoms with Crippen LogP contribution in [0.3, 0.4) is 0 Å². The molecular weight excluding hydrogens is 148 g/mol. The average molecular weight is 160 g/mol. The van der Waals surface area contributed by atoms with Crippen LogP contribution in [0, 0.1) is 12.5 Å². The van der Waals surface area contributed by atoms with Gasteiger partial charge in [-0.05, 0) is 13.8 Å². The van der Waals surface area contributed by atoms with Crippen molar-refractivity contribution in [1.29, 1.82) is 0 Å². The van der Waals surface area contributed by atoms with Crippen LogP contribution in [-0.4, -0.2) is 22.7 Å². The third-order valence-corrected chi connectivity index (χ3v) is 2.31. The fourth-order valence-electron chi connectivity index (χ4n) is 0.444. The van der Waals surface area contributed by atoms with Gasteiger partial charge in [0.05, 0.1) is 6.11 Å². The SMILES string of the molecule is C#CO[SiH](OCC)OCC. The van der Waals surface area contributed by atoms with Crippen LogP contribution < -0.4 is 0 Å². The molecule has 0 aliphatic heterocycles. The van der Waals surface area contributed by atoms with Crippen LogP contribution in [0.2, 0.25) is 0 Å². The fourth-order valence-corrected chi connectivity index (χ4v) is 1.33. The molecule has 0 spiro atoms. The molecule has 0 aromatic carbocycles. The van der Waals surface area contributed by atoms with Gasteiger partial charge in [-0.15, -0.1) is 0 Å². The monoisotopic (exact) mass is 160 g/mol. The molecule has 0 saturated carbocycles. The predicted molar refractivity (Wildman–Crippen MR) is 40.3 cm³/mol. The third kappa shape index (κ3) is 4.38. The van der Waals surface area contributed by atoms with Crippen molar-refractivity contribution < 1.29 is 13.3 Å². The molecule has 0 aromatic heterocycles. The Morgan fingerprint density at radius 3 is 2.10 bits per heavy atom. The normalized spacial score (nSPS) is 9.40. The van der Waals surface area contributed by atoms with E-state index in [1.165, 1.54) is 0 Å². The quantitative estimate of drug-likeness (QED) is 0.430. The van der Waals surface area contributed by atoms with Crippen molar-refractivity contribution in [2.24, 2.45) is 0 Å². The Labute approximate surface area is 63.3 Å². The van der Waals surface area contributed by atoms with Gasteiger partial charge in [-0.25, -0.2) is 0 Å². The van der Waals surface area contributed by atoms with E-state index in [-0.39, 0.29) is 0 Å². The van der Waals surface area contributed by atoms with Crippen molar-refractivity contribution in [3.8, 4) is 12.5 Å². The molecule has 0 heterocycles. The second-order valence-corrected chi connectivity index (χ2v) is 2.91. The fraction of sp³-hybridized carbons (Fsp3) is 0.667. The highest BCUT2D eigenvalue weighted by Gasteiger charge is 2.12. The van der Waals surface area contributed by atoms with E-state index in [0.29, 0.717) is 13.2 Å². The van der Waals surface area contributed by atoms with E-state index in [1.54, 1.807) is 0 Å². The Bertz CT molecular complexity index is 104.